The Balaban J connectivity index is 1.50. The van der Waals surface area contributed by atoms with Crippen LogP contribution in [0.5, 0.6) is 0 Å². The van der Waals surface area contributed by atoms with Gasteiger partial charge in [0.15, 0.2) is 5.60 Å². The number of aliphatic hydroxyl groups is 1. The van der Waals surface area contributed by atoms with Gasteiger partial charge in [-0.05, 0) is 51.2 Å². The molecule has 6 nitrogen and oxygen atoms in total. The lowest BCUT2D eigenvalue weighted by atomic mass is 9.91. The predicted octanol–water partition coefficient (Wildman–Crippen LogP) is 2.17. The molecule has 0 saturated carbocycles. The Morgan fingerprint density at radius 1 is 1.18 bits per heavy atom. The highest BCUT2D eigenvalue weighted by atomic mass is 16.3. The lowest BCUT2D eigenvalue weighted by molar-refractivity contribution is -0.156. The number of rotatable bonds is 8. The molecule has 1 aliphatic heterocycles. The van der Waals surface area contributed by atoms with E-state index in [9.17, 15) is 9.90 Å². The molecule has 1 unspecified atom stereocenters. The maximum absolute atomic E-state index is 12.8. The van der Waals surface area contributed by atoms with Gasteiger partial charge >= 0.3 is 0 Å². The first-order chi connectivity index (χ1) is 13.5. The number of aryl methyl sites for hydroxylation is 3. The molecule has 150 valence electrons. The van der Waals surface area contributed by atoms with Crippen molar-refractivity contribution in [2.75, 3.05) is 19.6 Å². The maximum atomic E-state index is 12.8. The number of hydrogen-bond acceptors (Lipinski definition) is 5. The molecular weight excluding hydrogens is 352 g/mol. The van der Waals surface area contributed by atoms with Gasteiger partial charge in [-0.3, -0.25) is 4.79 Å². The number of piperidine rings is 1. The molecule has 2 N–H and O–H groups in total. The van der Waals surface area contributed by atoms with Crippen molar-refractivity contribution >= 4 is 5.91 Å². The van der Waals surface area contributed by atoms with Crippen LogP contribution in [0.1, 0.15) is 42.0 Å². The van der Waals surface area contributed by atoms with Crippen molar-refractivity contribution in [1.29, 1.82) is 0 Å². The second-order valence-electron chi connectivity index (χ2n) is 7.69. The molecule has 0 spiro atoms. The third-order valence-electron chi connectivity index (χ3n) is 5.17. The predicted molar refractivity (Wildman–Crippen MR) is 109 cm³/mol. The second kappa shape index (κ2) is 9.26. The van der Waals surface area contributed by atoms with Crippen LogP contribution < -0.4 is 5.32 Å². The van der Waals surface area contributed by atoms with E-state index in [1.54, 1.807) is 4.90 Å². The number of aromatic nitrogens is 2. The van der Waals surface area contributed by atoms with Crippen molar-refractivity contribution in [2.24, 2.45) is 0 Å². The molecule has 6 heteroatoms. The van der Waals surface area contributed by atoms with E-state index in [1.165, 1.54) is 5.56 Å². The topological polar surface area (TPSA) is 78.4 Å². The van der Waals surface area contributed by atoms with Crippen molar-refractivity contribution < 1.29 is 9.90 Å². The lowest BCUT2D eigenvalue weighted by Gasteiger charge is -2.38. The minimum atomic E-state index is -1.34. The molecule has 28 heavy (non-hydrogen) atoms. The Morgan fingerprint density at radius 2 is 1.89 bits per heavy atom. The van der Waals surface area contributed by atoms with Crippen LogP contribution in [0.25, 0.3) is 0 Å². The number of amides is 1. The first-order valence-electron chi connectivity index (χ1n) is 10.0. The van der Waals surface area contributed by atoms with Crippen molar-refractivity contribution in [3.63, 3.8) is 0 Å². The van der Waals surface area contributed by atoms with Gasteiger partial charge in [0.05, 0.1) is 6.54 Å². The Bertz CT molecular complexity index is 776. The monoisotopic (exact) mass is 382 g/mol. The standard InChI is InChI=1S/C22H30N4O2/c1-17-14-18(2)25-20(24-17)15-23-16-22(28)11-7-13-26(21(22)27)12-6-10-19-8-4-3-5-9-19/h3-5,8-9,14,23,28H,6-7,10-13,15-16H2,1-2H3. The molecule has 1 aromatic carbocycles. The van der Waals surface area contributed by atoms with Gasteiger partial charge in [0.2, 0.25) is 0 Å². The summed E-state index contributed by atoms with van der Waals surface area (Å²) in [6.45, 7) is 5.92. The van der Waals surface area contributed by atoms with E-state index >= 15 is 0 Å². The van der Waals surface area contributed by atoms with E-state index in [4.69, 9.17) is 0 Å². The number of nitrogens with zero attached hydrogens (tertiary/aromatic N) is 3. The van der Waals surface area contributed by atoms with Crippen LogP contribution in [-0.2, 0) is 17.8 Å². The summed E-state index contributed by atoms with van der Waals surface area (Å²) in [5.41, 5.74) is 1.77. The first-order valence-corrected chi connectivity index (χ1v) is 10.0. The van der Waals surface area contributed by atoms with E-state index in [-0.39, 0.29) is 12.5 Å². The summed E-state index contributed by atoms with van der Waals surface area (Å²) in [6.07, 6.45) is 3.14. The second-order valence-corrected chi connectivity index (χ2v) is 7.69. The number of nitrogens with one attached hydrogen (secondary N) is 1. The molecule has 1 aliphatic rings. The maximum Gasteiger partial charge on any atom is 0.255 e. The van der Waals surface area contributed by atoms with Crippen molar-refractivity contribution in [1.82, 2.24) is 20.2 Å². The quantitative estimate of drug-likeness (QED) is 0.732. The fourth-order valence-corrected chi connectivity index (χ4v) is 3.82. The van der Waals surface area contributed by atoms with Crippen LogP contribution in [0.3, 0.4) is 0 Å². The zero-order chi connectivity index (χ0) is 20.0. The van der Waals surface area contributed by atoms with Crippen molar-refractivity contribution in [3.8, 4) is 0 Å². The molecule has 3 rings (SSSR count). The molecule has 0 aliphatic carbocycles. The Kier molecular flexibility index (Phi) is 6.75. The number of carbonyl (C=O) groups excluding carboxylic acids is 1. The van der Waals surface area contributed by atoms with Gasteiger partial charge < -0.3 is 15.3 Å². The van der Waals surface area contributed by atoms with E-state index in [1.807, 2.05) is 38.1 Å². The van der Waals surface area contributed by atoms with Crippen LogP contribution in [0.4, 0.5) is 0 Å². The molecule has 2 aromatic rings. The molecule has 2 heterocycles. The molecule has 1 atom stereocenters. The largest absolute Gasteiger partial charge is 0.379 e. The van der Waals surface area contributed by atoms with Crippen molar-refractivity contribution in [3.05, 3.63) is 59.2 Å². The van der Waals surface area contributed by atoms with Gasteiger partial charge in [0, 0.05) is 31.0 Å². The third-order valence-corrected chi connectivity index (χ3v) is 5.17. The minimum absolute atomic E-state index is 0.166. The van der Waals surface area contributed by atoms with Crippen LogP contribution in [0.15, 0.2) is 36.4 Å². The Labute approximate surface area is 167 Å². The van der Waals surface area contributed by atoms with Gasteiger partial charge in [0.25, 0.3) is 5.91 Å². The molecule has 0 bridgehead atoms. The highest BCUT2D eigenvalue weighted by Crippen LogP contribution is 2.22. The molecule has 1 fully saturated rings. The van der Waals surface area contributed by atoms with E-state index in [0.717, 1.165) is 37.2 Å². The number of carbonyl (C=O) groups is 1. The minimum Gasteiger partial charge on any atom is -0.379 e. The number of likely N-dealkylation sites (tertiary alicyclic amines) is 1. The van der Waals surface area contributed by atoms with E-state index in [0.29, 0.717) is 25.3 Å². The first kappa shape index (κ1) is 20.4. The van der Waals surface area contributed by atoms with Gasteiger partial charge in [-0.15, -0.1) is 0 Å². The van der Waals surface area contributed by atoms with Crippen LogP contribution >= 0.6 is 0 Å². The fraction of sp³-hybridized carbons (Fsp3) is 0.500. The summed E-state index contributed by atoms with van der Waals surface area (Å²) in [7, 11) is 0. The van der Waals surface area contributed by atoms with Crippen molar-refractivity contribution in [2.45, 2.75) is 51.7 Å². The van der Waals surface area contributed by atoms with Gasteiger partial charge in [-0.1, -0.05) is 30.3 Å². The summed E-state index contributed by atoms with van der Waals surface area (Å²) >= 11 is 0. The summed E-state index contributed by atoms with van der Waals surface area (Å²) in [5, 5.41) is 14.1. The van der Waals surface area contributed by atoms with Gasteiger partial charge in [-0.2, -0.15) is 0 Å². The summed E-state index contributed by atoms with van der Waals surface area (Å²) < 4.78 is 0. The summed E-state index contributed by atoms with van der Waals surface area (Å²) in [4.78, 5) is 23.4. The molecule has 1 saturated heterocycles. The third kappa shape index (κ3) is 5.36. The van der Waals surface area contributed by atoms with E-state index < -0.39 is 5.60 Å². The average Bonchev–Trinajstić information content (AvgIpc) is 2.65. The molecule has 1 amide bonds. The lowest BCUT2D eigenvalue weighted by Crippen LogP contribution is -2.58. The average molecular weight is 383 g/mol. The zero-order valence-electron chi connectivity index (χ0n) is 16.8. The normalized spacial score (nSPS) is 19.8. The van der Waals surface area contributed by atoms with Gasteiger partial charge in [0.1, 0.15) is 5.82 Å². The highest BCUT2D eigenvalue weighted by Gasteiger charge is 2.41. The van der Waals surface area contributed by atoms with E-state index in [2.05, 4.69) is 27.4 Å². The zero-order valence-corrected chi connectivity index (χ0v) is 16.8. The molecular formula is C22H30N4O2. The highest BCUT2D eigenvalue weighted by molar-refractivity contribution is 5.86. The Morgan fingerprint density at radius 3 is 2.61 bits per heavy atom. The van der Waals surface area contributed by atoms with Gasteiger partial charge in [-0.25, -0.2) is 9.97 Å². The molecule has 0 radical (unpaired) electrons. The smallest absolute Gasteiger partial charge is 0.255 e. The van der Waals surface area contributed by atoms with Crippen LogP contribution in [0.2, 0.25) is 0 Å². The van der Waals surface area contributed by atoms with Crippen LogP contribution in [0, 0.1) is 13.8 Å². The Hall–Kier alpha value is -2.31. The summed E-state index contributed by atoms with van der Waals surface area (Å²) in [6, 6.07) is 12.2. The number of hydrogen-bond donors (Lipinski definition) is 2. The number of benzene rings is 1. The molecule has 1 aromatic heterocycles. The summed E-state index contributed by atoms with van der Waals surface area (Å²) in [5.74, 6) is 0.518. The SMILES string of the molecule is Cc1cc(C)nc(CNCC2(O)CCCN(CCCc3ccccc3)C2=O)n1. The van der Waals surface area contributed by atoms with Crippen LogP contribution in [-0.4, -0.2) is 51.1 Å². The fourth-order valence-electron chi connectivity index (χ4n) is 3.82.